The summed E-state index contributed by atoms with van der Waals surface area (Å²) in [6.45, 7) is 0. The molecule has 1 rings (SSSR count). The van der Waals surface area contributed by atoms with Crippen molar-refractivity contribution in [1.82, 2.24) is 0 Å². The van der Waals surface area contributed by atoms with E-state index < -0.39 is 21.8 Å². The minimum atomic E-state index is -6.00. The Labute approximate surface area is 175 Å². The first-order valence-electron chi connectivity index (χ1n) is 5.14. The first-order valence-corrected chi connectivity index (χ1v) is 5.14. The number of benzene rings is 1. The number of halogens is 12. The number of nitrogens with zero attached hydrogens (tertiary/aromatic N) is 1. The van der Waals surface area contributed by atoms with Gasteiger partial charge in [0, 0.05) is 0 Å². The van der Waals surface area contributed by atoms with Crippen LogP contribution in [0.2, 0.25) is 0 Å². The molecule has 142 valence electrons. The molecule has 1 aromatic rings. The van der Waals surface area contributed by atoms with Gasteiger partial charge in [-0.3, -0.25) is 0 Å². The molecule has 0 aliphatic heterocycles. The van der Waals surface area contributed by atoms with E-state index in [0.29, 0.717) is 5.56 Å². The van der Waals surface area contributed by atoms with Crippen molar-refractivity contribution in [2.45, 2.75) is 0 Å². The average Bonchev–Trinajstić information content (AvgIpc) is 2.22. The maximum atomic E-state index is 9.75. The summed E-state index contributed by atoms with van der Waals surface area (Å²) < 4.78 is 117. The quantitative estimate of drug-likeness (QED) is 0.496. The van der Waals surface area contributed by atoms with E-state index in [0.717, 1.165) is 0 Å². The summed E-state index contributed by atoms with van der Waals surface area (Å²) in [5.74, 6) is 0.0417. The van der Waals surface area contributed by atoms with Crippen LogP contribution in [-0.2, 0) is 0 Å². The Balaban J connectivity index is -0.000000122. The second kappa shape index (κ2) is 14.6. The fourth-order valence-electron chi connectivity index (χ4n) is 0.568. The molecular formula is C7H6B3F12KNO-3. The van der Waals surface area contributed by atoms with Crippen molar-refractivity contribution in [3.8, 4) is 11.8 Å². The van der Waals surface area contributed by atoms with E-state index in [-0.39, 0.29) is 57.1 Å². The number of para-hydroxylation sites is 1. The summed E-state index contributed by atoms with van der Waals surface area (Å²) in [5.41, 5.74) is 0.317. The molecule has 0 spiro atoms. The van der Waals surface area contributed by atoms with Gasteiger partial charge in [0.2, 0.25) is 0 Å². The third kappa shape index (κ3) is 69.5. The predicted octanol–water partition coefficient (Wildman–Crippen LogP) is 4.52. The number of nitriles is 1. The zero-order chi connectivity index (χ0) is 20.2. The molecule has 0 aliphatic rings. The fraction of sp³-hybridized carbons (Fsp3) is 0. The number of phenols is 1. The van der Waals surface area contributed by atoms with Crippen LogP contribution in [0.3, 0.4) is 0 Å². The summed E-state index contributed by atoms with van der Waals surface area (Å²) in [4.78, 5) is 0. The second-order valence-electron chi connectivity index (χ2n) is 3.11. The van der Waals surface area contributed by atoms with E-state index >= 15 is 0 Å². The van der Waals surface area contributed by atoms with Crippen LogP contribution in [0.5, 0.6) is 5.75 Å². The van der Waals surface area contributed by atoms with Gasteiger partial charge in [0.25, 0.3) is 0 Å². The topological polar surface area (TPSA) is 44.0 Å². The Morgan fingerprint density at radius 1 is 0.680 bits per heavy atom. The molecule has 2 nitrogen and oxygen atoms in total. The van der Waals surface area contributed by atoms with Crippen molar-refractivity contribution in [2.75, 3.05) is 0 Å². The monoisotopic (exact) mass is 420 g/mol. The molecule has 0 saturated heterocycles. The molecule has 18 heteroatoms. The first kappa shape index (κ1) is 32.2. The molecule has 0 fully saturated rings. The number of hydrogen-bond donors (Lipinski definition) is 1. The van der Waals surface area contributed by atoms with Crippen LogP contribution in [0.15, 0.2) is 24.3 Å². The van der Waals surface area contributed by atoms with Crippen LogP contribution in [0.4, 0.5) is 51.8 Å². The SMILES string of the molecule is F[B-](F)(F)F.F[B-](F)(F)F.F[B-](F)(F)F.N#Cc1ccccc1O.[KH]. The molecule has 25 heavy (non-hydrogen) atoms. The molecule has 0 amide bonds. The van der Waals surface area contributed by atoms with Gasteiger partial charge in [-0.05, 0) is 12.1 Å². The van der Waals surface area contributed by atoms with Crippen LogP contribution >= 0.6 is 0 Å². The molecule has 1 N–H and O–H groups in total. The molecule has 0 heterocycles. The van der Waals surface area contributed by atoms with Crippen LogP contribution < -0.4 is 0 Å². The number of aromatic hydroxyl groups is 1. The summed E-state index contributed by atoms with van der Waals surface area (Å²) in [5, 5.41) is 17.2. The van der Waals surface area contributed by atoms with Crippen LogP contribution in [0, 0.1) is 11.3 Å². The van der Waals surface area contributed by atoms with Crippen molar-refractivity contribution in [3.63, 3.8) is 0 Å². The van der Waals surface area contributed by atoms with E-state index in [1.54, 1.807) is 18.2 Å². The summed E-state index contributed by atoms with van der Waals surface area (Å²) >= 11 is 0. The van der Waals surface area contributed by atoms with Crippen molar-refractivity contribution >= 4 is 73.1 Å². The van der Waals surface area contributed by atoms with Crippen molar-refractivity contribution in [3.05, 3.63) is 29.8 Å². The standard InChI is InChI=1S/C7H5NO.3BF4.K.H/c8-5-6-3-1-2-4-7(6)9;3*2-1(3,4)5;;/h1-4,9H;;;;;/q;3*-1;;. The van der Waals surface area contributed by atoms with Gasteiger partial charge in [-0.2, -0.15) is 5.26 Å². The van der Waals surface area contributed by atoms with Crippen molar-refractivity contribution in [1.29, 1.82) is 5.26 Å². The van der Waals surface area contributed by atoms with Gasteiger partial charge in [0.05, 0.1) is 5.56 Å². The molecule has 0 aromatic heterocycles. The van der Waals surface area contributed by atoms with E-state index in [4.69, 9.17) is 10.4 Å². The summed E-state index contributed by atoms with van der Waals surface area (Å²) in [6, 6.07) is 8.28. The van der Waals surface area contributed by atoms with Gasteiger partial charge in [0.1, 0.15) is 11.8 Å². The molecule has 0 aliphatic carbocycles. The minimum absolute atomic E-state index is 0. The van der Waals surface area contributed by atoms with Gasteiger partial charge in [0.15, 0.2) is 0 Å². The predicted molar refractivity (Wildman–Crippen MR) is 70.5 cm³/mol. The Hall–Kier alpha value is -0.499. The van der Waals surface area contributed by atoms with Crippen LogP contribution in [0.25, 0.3) is 0 Å². The van der Waals surface area contributed by atoms with E-state index in [2.05, 4.69) is 0 Å². The van der Waals surface area contributed by atoms with Gasteiger partial charge < -0.3 is 56.9 Å². The summed E-state index contributed by atoms with van der Waals surface area (Å²) in [7, 11) is -18.0. The Morgan fingerprint density at radius 3 is 1.08 bits per heavy atom. The molecule has 1 aromatic carbocycles. The van der Waals surface area contributed by atoms with Crippen LogP contribution in [0.1, 0.15) is 5.56 Å². The van der Waals surface area contributed by atoms with Gasteiger partial charge in [-0.25, -0.2) is 0 Å². The normalized spacial score (nSPS) is 10.2. The van der Waals surface area contributed by atoms with Crippen molar-refractivity contribution < 1.29 is 56.9 Å². The maximum absolute atomic E-state index is 9.75. The number of rotatable bonds is 0. The van der Waals surface area contributed by atoms with Gasteiger partial charge in [-0.15, -0.1) is 0 Å². The first-order chi connectivity index (χ1) is 10.3. The Kier molecular flexibility index (Phi) is 18.9. The fourth-order valence-corrected chi connectivity index (χ4v) is 0.568. The van der Waals surface area contributed by atoms with E-state index in [9.17, 15) is 51.8 Å². The number of hydrogen-bond acceptors (Lipinski definition) is 2. The van der Waals surface area contributed by atoms with Gasteiger partial charge >= 0.3 is 73.1 Å². The van der Waals surface area contributed by atoms with E-state index in [1.807, 2.05) is 6.07 Å². The summed E-state index contributed by atoms with van der Waals surface area (Å²) in [6.07, 6.45) is 0. The third-order valence-electron chi connectivity index (χ3n) is 1.02. The van der Waals surface area contributed by atoms with E-state index in [1.165, 1.54) is 6.07 Å². The second-order valence-corrected chi connectivity index (χ2v) is 3.11. The Morgan fingerprint density at radius 2 is 0.920 bits per heavy atom. The molecule has 0 radical (unpaired) electrons. The molecular weight excluding hydrogens is 414 g/mol. The molecule has 0 unspecified atom stereocenters. The number of phenolic OH excluding ortho intramolecular Hbond substituents is 1. The molecule has 0 saturated carbocycles. The molecule has 0 bridgehead atoms. The van der Waals surface area contributed by atoms with Crippen molar-refractivity contribution in [2.24, 2.45) is 0 Å². The zero-order valence-electron chi connectivity index (χ0n) is 11.0. The average molecular weight is 420 g/mol. The van der Waals surface area contributed by atoms with Gasteiger partial charge in [-0.1, -0.05) is 12.1 Å². The van der Waals surface area contributed by atoms with Crippen LogP contribution in [-0.4, -0.2) is 78.3 Å². The molecule has 0 atom stereocenters. The third-order valence-corrected chi connectivity index (χ3v) is 1.02. The zero-order valence-corrected chi connectivity index (χ0v) is 11.0. The Bertz CT molecular complexity index is 453.